The molecule has 0 aliphatic rings. The maximum absolute atomic E-state index is 4.81. The van der Waals surface area contributed by atoms with Gasteiger partial charge in [0.25, 0.3) is 0 Å². The van der Waals surface area contributed by atoms with Crippen molar-refractivity contribution in [2.75, 3.05) is 0 Å². The predicted molar refractivity (Wildman–Crippen MR) is 125 cm³/mol. The molecular weight excluding hydrogens is 424 g/mol. The van der Waals surface area contributed by atoms with Gasteiger partial charge in [-0.15, -0.1) is 21.5 Å². The van der Waals surface area contributed by atoms with Gasteiger partial charge in [-0.25, -0.2) is 9.97 Å². The van der Waals surface area contributed by atoms with Crippen LogP contribution >= 0.6 is 23.1 Å². The zero-order chi connectivity index (χ0) is 21.2. The largest absolute Gasteiger partial charge is 0.302 e. The first-order valence-electron chi connectivity index (χ1n) is 10.1. The Morgan fingerprint density at radius 1 is 0.968 bits per heavy atom. The van der Waals surface area contributed by atoms with E-state index in [2.05, 4.69) is 61.3 Å². The SMILES string of the molecule is CCCn1c(Sc2nc(C)nc3scc(-c4ccccc4)c23)nnc1-c1ccncc1. The highest BCUT2D eigenvalue weighted by atomic mass is 32.2. The average molecular weight is 445 g/mol. The van der Waals surface area contributed by atoms with E-state index < -0.39 is 0 Å². The van der Waals surface area contributed by atoms with Crippen LogP contribution in [0.2, 0.25) is 0 Å². The summed E-state index contributed by atoms with van der Waals surface area (Å²) < 4.78 is 2.16. The molecule has 0 radical (unpaired) electrons. The number of benzene rings is 1. The molecule has 0 aliphatic carbocycles. The number of rotatable bonds is 6. The Hall–Kier alpha value is -3.10. The number of aromatic nitrogens is 6. The fourth-order valence-corrected chi connectivity index (χ4v) is 5.59. The van der Waals surface area contributed by atoms with Crippen LogP contribution in [0.4, 0.5) is 0 Å². The van der Waals surface area contributed by atoms with Gasteiger partial charge < -0.3 is 4.57 Å². The van der Waals surface area contributed by atoms with Crippen molar-refractivity contribution in [1.82, 2.24) is 29.7 Å². The number of nitrogens with zero attached hydrogens (tertiary/aromatic N) is 6. The number of aryl methyl sites for hydroxylation is 1. The molecule has 5 aromatic rings. The first-order valence-corrected chi connectivity index (χ1v) is 11.8. The topological polar surface area (TPSA) is 69.4 Å². The lowest BCUT2D eigenvalue weighted by atomic mass is 10.1. The van der Waals surface area contributed by atoms with E-state index in [9.17, 15) is 0 Å². The van der Waals surface area contributed by atoms with Crippen molar-refractivity contribution < 1.29 is 0 Å². The molecule has 1 aromatic carbocycles. The standard InChI is InChI=1S/C23H20N6S2/c1-3-13-29-20(17-9-11-24-12-10-17)27-28-23(29)31-22-19-18(16-7-5-4-6-8-16)14-30-21(19)25-15(2)26-22/h4-12,14H,3,13H2,1-2H3. The lowest BCUT2D eigenvalue weighted by molar-refractivity contribution is 0.626. The number of hydrogen-bond acceptors (Lipinski definition) is 7. The Bertz CT molecular complexity index is 1330. The van der Waals surface area contributed by atoms with Crippen molar-refractivity contribution in [1.29, 1.82) is 0 Å². The van der Waals surface area contributed by atoms with Crippen molar-refractivity contribution >= 4 is 33.3 Å². The van der Waals surface area contributed by atoms with Crippen LogP contribution in [0.3, 0.4) is 0 Å². The molecule has 0 N–H and O–H groups in total. The molecule has 31 heavy (non-hydrogen) atoms. The quantitative estimate of drug-likeness (QED) is 0.305. The summed E-state index contributed by atoms with van der Waals surface area (Å²) in [6, 6.07) is 14.3. The summed E-state index contributed by atoms with van der Waals surface area (Å²) in [7, 11) is 0. The van der Waals surface area contributed by atoms with E-state index in [0.29, 0.717) is 0 Å². The smallest absolute Gasteiger partial charge is 0.197 e. The van der Waals surface area contributed by atoms with Crippen molar-refractivity contribution in [3.05, 3.63) is 66.1 Å². The second-order valence-electron chi connectivity index (χ2n) is 7.07. The Labute approximate surface area is 188 Å². The van der Waals surface area contributed by atoms with Crippen LogP contribution in [0.1, 0.15) is 19.2 Å². The van der Waals surface area contributed by atoms with Crippen LogP contribution in [-0.2, 0) is 6.54 Å². The average Bonchev–Trinajstić information content (AvgIpc) is 3.40. The van der Waals surface area contributed by atoms with Gasteiger partial charge in [0.05, 0.1) is 5.39 Å². The number of pyridine rings is 1. The van der Waals surface area contributed by atoms with Gasteiger partial charge in [0.2, 0.25) is 0 Å². The second kappa shape index (κ2) is 8.56. The summed E-state index contributed by atoms with van der Waals surface area (Å²) in [4.78, 5) is 14.6. The van der Waals surface area contributed by atoms with Crippen molar-refractivity contribution in [3.8, 4) is 22.5 Å². The van der Waals surface area contributed by atoms with E-state index >= 15 is 0 Å². The molecule has 0 unspecified atom stereocenters. The lowest BCUT2D eigenvalue weighted by Crippen LogP contribution is -2.02. The molecule has 0 fully saturated rings. The third kappa shape index (κ3) is 3.84. The third-order valence-electron chi connectivity index (χ3n) is 4.89. The Balaban J connectivity index is 1.63. The molecule has 0 atom stereocenters. The maximum atomic E-state index is 4.81. The zero-order valence-corrected chi connectivity index (χ0v) is 18.8. The minimum absolute atomic E-state index is 0.757. The molecular formula is C23H20N6S2. The Morgan fingerprint density at radius 3 is 2.55 bits per heavy atom. The summed E-state index contributed by atoms with van der Waals surface area (Å²) in [5.74, 6) is 1.61. The summed E-state index contributed by atoms with van der Waals surface area (Å²) >= 11 is 3.21. The number of fused-ring (bicyclic) bond motifs is 1. The number of hydrogen-bond donors (Lipinski definition) is 0. The Morgan fingerprint density at radius 2 is 1.77 bits per heavy atom. The van der Waals surface area contributed by atoms with Crippen LogP contribution < -0.4 is 0 Å². The Kier molecular flexibility index (Phi) is 5.48. The summed E-state index contributed by atoms with van der Waals surface area (Å²) in [6.07, 6.45) is 4.54. The van der Waals surface area contributed by atoms with E-state index in [0.717, 1.165) is 61.7 Å². The molecule has 6 nitrogen and oxygen atoms in total. The maximum Gasteiger partial charge on any atom is 0.197 e. The van der Waals surface area contributed by atoms with Gasteiger partial charge >= 0.3 is 0 Å². The molecule has 4 heterocycles. The van der Waals surface area contributed by atoms with Crippen LogP contribution in [0.25, 0.3) is 32.7 Å². The van der Waals surface area contributed by atoms with Gasteiger partial charge in [0.15, 0.2) is 11.0 Å². The van der Waals surface area contributed by atoms with Crippen LogP contribution in [0.5, 0.6) is 0 Å². The lowest BCUT2D eigenvalue weighted by Gasteiger charge is -2.10. The third-order valence-corrected chi connectivity index (χ3v) is 6.73. The monoisotopic (exact) mass is 444 g/mol. The normalized spacial score (nSPS) is 11.3. The van der Waals surface area contributed by atoms with Gasteiger partial charge in [-0.05, 0) is 42.8 Å². The molecule has 5 rings (SSSR count). The van der Waals surface area contributed by atoms with Gasteiger partial charge in [0.1, 0.15) is 15.7 Å². The van der Waals surface area contributed by atoms with Crippen molar-refractivity contribution in [2.45, 2.75) is 37.0 Å². The highest BCUT2D eigenvalue weighted by Crippen LogP contribution is 2.40. The molecule has 0 aliphatic heterocycles. The number of thiophene rings is 1. The molecule has 0 saturated heterocycles. The van der Waals surface area contributed by atoms with Gasteiger partial charge in [-0.3, -0.25) is 4.98 Å². The second-order valence-corrected chi connectivity index (χ2v) is 8.88. The molecule has 0 saturated carbocycles. The van der Waals surface area contributed by atoms with Gasteiger partial charge in [-0.1, -0.05) is 37.3 Å². The molecule has 0 spiro atoms. The van der Waals surface area contributed by atoms with E-state index in [1.165, 1.54) is 0 Å². The summed E-state index contributed by atoms with van der Waals surface area (Å²) in [5.41, 5.74) is 3.32. The summed E-state index contributed by atoms with van der Waals surface area (Å²) in [6.45, 7) is 4.92. The highest BCUT2D eigenvalue weighted by Gasteiger charge is 2.20. The van der Waals surface area contributed by atoms with E-state index in [1.807, 2.05) is 25.1 Å². The first kappa shape index (κ1) is 19.8. The predicted octanol–water partition coefficient (Wildman–Crippen LogP) is 5.88. The van der Waals surface area contributed by atoms with Crippen molar-refractivity contribution in [2.24, 2.45) is 0 Å². The fraction of sp³-hybridized carbons (Fsp3) is 0.174. The molecule has 8 heteroatoms. The van der Waals surface area contributed by atoms with Crippen molar-refractivity contribution in [3.63, 3.8) is 0 Å². The minimum Gasteiger partial charge on any atom is -0.302 e. The molecule has 0 bridgehead atoms. The van der Waals surface area contributed by atoms with E-state index in [1.54, 1.807) is 35.5 Å². The summed E-state index contributed by atoms with van der Waals surface area (Å²) in [5, 5.41) is 14.0. The fourth-order valence-electron chi connectivity index (χ4n) is 3.51. The van der Waals surface area contributed by atoms with Crippen LogP contribution in [0.15, 0.2) is 70.4 Å². The molecule has 0 amide bonds. The van der Waals surface area contributed by atoms with Gasteiger partial charge in [-0.2, -0.15) is 0 Å². The van der Waals surface area contributed by atoms with Crippen LogP contribution in [0, 0.1) is 6.92 Å². The zero-order valence-electron chi connectivity index (χ0n) is 17.2. The molecule has 154 valence electrons. The molecule has 4 aromatic heterocycles. The highest BCUT2D eigenvalue weighted by molar-refractivity contribution is 7.99. The van der Waals surface area contributed by atoms with Gasteiger partial charge in [0, 0.05) is 35.4 Å². The van der Waals surface area contributed by atoms with Crippen LogP contribution in [-0.4, -0.2) is 29.7 Å². The van der Waals surface area contributed by atoms with E-state index in [4.69, 9.17) is 4.98 Å². The van der Waals surface area contributed by atoms with E-state index in [-0.39, 0.29) is 0 Å². The minimum atomic E-state index is 0.757. The first-order chi connectivity index (χ1) is 15.2.